The van der Waals surface area contributed by atoms with Gasteiger partial charge in [0.05, 0.1) is 5.69 Å². The molecular weight excluding hydrogens is 515 g/mol. The van der Waals surface area contributed by atoms with Crippen LogP contribution >= 0.6 is 0 Å². The summed E-state index contributed by atoms with van der Waals surface area (Å²) in [6.45, 7) is 5.33. The Kier molecular flexibility index (Phi) is 7.45. The van der Waals surface area contributed by atoms with Crippen molar-refractivity contribution in [3.8, 4) is 33.6 Å². The molecule has 9 heteroatoms. The highest BCUT2D eigenvalue weighted by molar-refractivity contribution is 6.01. The third-order valence-corrected chi connectivity index (χ3v) is 7.14. The van der Waals surface area contributed by atoms with E-state index in [1.807, 2.05) is 57.0 Å². The summed E-state index contributed by atoms with van der Waals surface area (Å²) >= 11 is 0. The molecule has 0 aliphatic carbocycles. The second-order valence-electron chi connectivity index (χ2n) is 10.5. The Morgan fingerprint density at radius 3 is 2.66 bits per heavy atom. The van der Waals surface area contributed by atoms with Crippen LogP contribution in [0.3, 0.4) is 0 Å². The molecule has 0 atom stereocenters. The molecule has 4 heterocycles. The summed E-state index contributed by atoms with van der Waals surface area (Å²) in [5, 5.41) is 16.3. The van der Waals surface area contributed by atoms with E-state index >= 15 is 0 Å². The molecule has 0 aliphatic rings. The molecule has 0 aliphatic heterocycles. The van der Waals surface area contributed by atoms with E-state index in [-0.39, 0.29) is 5.82 Å². The molecule has 6 rings (SSSR count). The number of hydrogen-bond acceptors (Lipinski definition) is 6. The fourth-order valence-corrected chi connectivity index (χ4v) is 5.08. The van der Waals surface area contributed by atoms with Gasteiger partial charge in [-0.1, -0.05) is 19.1 Å². The summed E-state index contributed by atoms with van der Waals surface area (Å²) in [5.74, 6) is -0.274. The number of nitrogens with zero attached hydrogens (tertiary/aromatic N) is 4. The van der Waals surface area contributed by atoms with Gasteiger partial charge in [0.1, 0.15) is 11.5 Å². The average Bonchev–Trinajstić information content (AvgIpc) is 3.59. The molecule has 208 valence electrons. The largest absolute Gasteiger partial charge is 0.384 e. The van der Waals surface area contributed by atoms with Crippen molar-refractivity contribution in [1.29, 1.82) is 0 Å². The van der Waals surface area contributed by atoms with Gasteiger partial charge in [-0.05, 0) is 79.8 Å². The van der Waals surface area contributed by atoms with Crippen molar-refractivity contribution in [3.63, 3.8) is 0 Å². The van der Waals surface area contributed by atoms with Crippen molar-refractivity contribution in [3.05, 3.63) is 84.6 Å². The Hall–Kier alpha value is -4.60. The summed E-state index contributed by atoms with van der Waals surface area (Å²) in [4.78, 5) is 14.7. The summed E-state index contributed by atoms with van der Waals surface area (Å²) in [6.07, 6.45) is 5.58. The number of pyridine rings is 2. The number of aromatic nitrogens is 5. The van der Waals surface area contributed by atoms with Gasteiger partial charge in [0.25, 0.3) is 0 Å². The van der Waals surface area contributed by atoms with Crippen LogP contribution in [-0.4, -0.2) is 63.8 Å². The van der Waals surface area contributed by atoms with E-state index in [0.29, 0.717) is 5.65 Å². The van der Waals surface area contributed by atoms with E-state index in [1.54, 1.807) is 6.07 Å². The minimum absolute atomic E-state index is 0.274. The van der Waals surface area contributed by atoms with E-state index < -0.39 is 0 Å². The maximum Gasteiger partial charge on any atom is 0.155 e. The molecule has 0 amide bonds. The minimum atomic E-state index is -0.274. The zero-order valence-corrected chi connectivity index (χ0v) is 23.4. The van der Waals surface area contributed by atoms with E-state index in [2.05, 4.69) is 65.8 Å². The van der Waals surface area contributed by atoms with Crippen LogP contribution in [0.15, 0.2) is 73.2 Å². The SMILES string of the molecule is CCNCc1cncc(-c2cnc3[nH]nc(-c4cc5c(-c6cc(F)cc(NCCN(C)C)c6)cccc5[nH]4)c3c2)c1. The average molecular weight is 549 g/mol. The summed E-state index contributed by atoms with van der Waals surface area (Å²) < 4.78 is 14.7. The van der Waals surface area contributed by atoms with Gasteiger partial charge in [-0.25, -0.2) is 9.37 Å². The van der Waals surface area contributed by atoms with Crippen LogP contribution in [0.1, 0.15) is 12.5 Å². The van der Waals surface area contributed by atoms with Gasteiger partial charge in [0.2, 0.25) is 0 Å². The zero-order valence-electron chi connectivity index (χ0n) is 23.4. The Morgan fingerprint density at radius 2 is 1.80 bits per heavy atom. The van der Waals surface area contributed by atoms with Crippen molar-refractivity contribution in [1.82, 2.24) is 35.4 Å². The topological polar surface area (TPSA) is 97.6 Å². The molecule has 0 saturated carbocycles. The standard InChI is InChI=1S/C32H33FN8/c1-4-34-16-20-10-22(18-35-17-20)23-13-28-31(39-40-32(28)37-19-23)30-15-27-26(6-5-7-29(27)38-30)21-11-24(33)14-25(12-21)36-8-9-41(2)3/h5-7,10-15,17-19,34,36,38H,4,8-9,16H2,1-3H3,(H,37,39,40). The first-order chi connectivity index (χ1) is 20.0. The fraction of sp³-hybridized carbons (Fsp3) is 0.219. The second-order valence-corrected chi connectivity index (χ2v) is 10.5. The van der Waals surface area contributed by atoms with Crippen LogP contribution in [0.5, 0.6) is 0 Å². The van der Waals surface area contributed by atoms with Gasteiger partial charge in [0, 0.05) is 71.3 Å². The van der Waals surface area contributed by atoms with E-state index in [9.17, 15) is 4.39 Å². The summed E-state index contributed by atoms with van der Waals surface area (Å²) in [7, 11) is 4.03. The van der Waals surface area contributed by atoms with Crippen molar-refractivity contribution >= 4 is 27.6 Å². The molecule has 0 fully saturated rings. The van der Waals surface area contributed by atoms with Gasteiger partial charge in [-0.3, -0.25) is 10.1 Å². The monoisotopic (exact) mass is 548 g/mol. The van der Waals surface area contributed by atoms with E-state index in [4.69, 9.17) is 0 Å². The van der Waals surface area contributed by atoms with Crippen molar-refractivity contribution in [2.24, 2.45) is 0 Å². The fourth-order valence-electron chi connectivity index (χ4n) is 5.08. The van der Waals surface area contributed by atoms with E-state index in [0.717, 1.165) is 87.4 Å². The third kappa shape index (κ3) is 5.68. The Bertz CT molecular complexity index is 1820. The molecule has 6 aromatic rings. The number of halogens is 1. The van der Waals surface area contributed by atoms with Gasteiger partial charge >= 0.3 is 0 Å². The molecule has 0 spiro atoms. The quantitative estimate of drug-likeness (QED) is 0.166. The minimum Gasteiger partial charge on any atom is -0.384 e. The van der Waals surface area contributed by atoms with Gasteiger partial charge in [-0.15, -0.1) is 0 Å². The molecule has 8 nitrogen and oxygen atoms in total. The number of rotatable bonds is 10. The number of fused-ring (bicyclic) bond motifs is 2. The van der Waals surface area contributed by atoms with Crippen molar-refractivity contribution in [2.45, 2.75) is 13.5 Å². The predicted octanol–water partition coefficient (Wildman–Crippen LogP) is 6.06. The lowest BCUT2D eigenvalue weighted by atomic mass is 10.0. The molecule has 0 radical (unpaired) electrons. The number of nitrogens with one attached hydrogen (secondary N) is 4. The Labute approximate surface area is 238 Å². The lowest BCUT2D eigenvalue weighted by molar-refractivity contribution is 0.425. The van der Waals surface area contributed by atoms with Crippen molar-refractivity contribution in [2.75, 3.05) is 39.0 Å². The maximum absolute atomic E-state index is 14.7. The van der Waals surface area contributed by atoms with Crippen LogP contribution < -0.4 is 10.6 Å². The normalized spacial score (nSPS) is 11.6. The molecule has 4 N–H and O–H groups in total. The van der Waals surface area contributed by atoms with Crippen molar-refractivity contribution < 1.29 is 4.39 Å². The zero-order chi connectivity index (χ0) is 28.3. The predicted molar refractivity (Wildman–Crippen MR) is 164 cm³/mol. The number of likely N-dealkylation sites (N-methyl/N-ethyl adjacent to an activating group) is 1. The smallest absolute Gasteiger partial charge is 0.155 e. The Balaban J connectivity index is 1.37. The van der Waals surface area contributed by atoms with Crippen LogP contribution in [0.2, 0.25) is 0 Å². The second kappa shape index (κ2) is 11.5. The van der Waals surface area contributed by atoms with Crippen LogP contribution in [0.4, 0.5) is 10.1 Å². The lowest BCUT2D eigenvalue weighted by Crippen LogP contribution is -2.20. The maximum atomic E-state index is 14.7. The lowest BCUT2D eigenvalue weighted by Gasteiger charge is -2.13. The highest BCUT2D eigenvalue weighted by atomic mass is 19.1. The van der Waals surface area contributed by atoms with E-state index in [1.165, 1.54) is 6.07 Å². The first kappa shape index (κ1) is 26.6. The molecule has 0 saturated heterocycles. The Morgan fingerprint density at radius 1 is 0.927 bits per heavy atom. The molecular formula is C32H33FN8. The number of benzene rings is 2. The van der Waals surface area contributed by atoms with Gasteiger partial charge < -0.3 is 20.5 Å². The number of aromatic amines is 2. The number of hydrogen-bond donors (Lipinski definition) is 4. The van der Waals surface area contributed by atoms with Crippen LogP contribution in [0.25, 0.3) is 55.6 Å². The first-order valence-electron chi connectivity index (χ1n) is 13.8. The van der Waals surface area contributed by atoms with Gasteiger partial charge in [0.15, 0.2) is 5.65 Å². The van der Waals surface area contributed by atoms with Crippen LogP contribution in [-0.2, 0) is 6.54 Å². The molecule has 41 heavy (non-hydrogen) atoms. The van der Waals surface area contributed by atoms with Gasteiger partial charge in [-0.2, -0.15) is 5.10 Å². The number of anilines is 1. The summed E-state index contributed by atoms with van der Waals surface area (Å²) in [5.41, 5.74) is 8.90. The summed E-state index contributed by atoms with van der Waals surface area (Å²) in [6, 6.07) is 17.5. The molecule has 0 unspecified atom stereocenters. The molecule has 0 bridgehead atoms. The highest BCUT2D eigenvalue weighted by Crippen LogP contribution is 2.35. The van der Waals surface area contributed by atoms with Crippen LogP contribution in [0, 0.1) is 5.82 Å². The number of H-pyrrole nitrogens is 2. The molecule has 2 aromatic carbocycles. The molecule has 4 aromatic heterocycles. The first-order valence-corrected chi connectivity index (χ1v) is 13.8. The highest BCUT2D eigenvalue weighted by Gasteiger charge is 2.16. The third-order valence-electron chi connectivity index (χ3n) is 7.14.